The summed E-state index contributed by atoms with van der Waals surface area (Å²) in [5.41, 5.74) is 0.738. The van der Waals surface area contributed by atoms with Gasteiger partial charge in [0.15, 0.2) is 4.96 Å². The fraction of sp³-hybridized carbons (Fsp3) is 0.417. The van der Waals surface area contributed by atoms with E-state index < -0.39 is 5.97 Å². The number of carbonyl (C=O) groups is 2. The number of imidazole rings is 1. The Labute approximate surface area is 114 Å². The highest BCUT2D eigenvalue weighted by Gasteiger charge is 2.12. The summed E-state index contributed by atoms with van der Waals surface area (Å²) >= 11 is 1.52. The van der Waals surface area contributed by atoms with E-state index in [-0.39, 0.29) is 18.7 Å². The van der Waals surface area contributed by atoms with E-state index in [2.05, 4.69) is 4.98 Å². The third-order valence-corrected chi connectivity index (χ3v) is 3.56. The maximum absolute atomic E-state index is 11.9. The molecule has 7 heteroatoms. The minimum Gasteiger partial charge on any atom is -0.481 e. The highest BCUT2D eigenvalue weighted by molar-refractivity contribution is 7.15. The van der Waals surface area contributed by atoms with Crippen LogP contribution in [0.5, 0.6) is 0 Å². The maximum Gasteiger partial charge on any atom is 0.303 e. The molecular formula is C12H15N3O3S. The Balaban J connectivity index is 1.86. The number of carbonyl (C=O) groups excluding carboxylic acids is 1. The van der Waals surface area contributed by atoms with E-state index in [4.69, 9.17) is 5.11 Å². The van der Waals surface area contributed by atoms with Gasteiger partial charge in [-0.1, -0.05) is 0 Å². The van der Waals surface area contributed by atoms with Gasteiger partial charge in [0, 0.05) is 37.8 Å². The lowest BCUT2D eigenvalue weighted by molar-refractivity contribution is -0.138. The largest absolute Gasteiger partial charge is 0.481 e. The lowest BCUT2D eigenvalue weighted by atomic mass is 10.2. The number of hydrogen-bond donors (Lipinski definition) is 1. The van der Waals surface area contributed by atoms with E-state index >= 15 is 0 Å². The number of carboxylic acids is 1. The molecule has 0 aliphatic heterocycles. The summed E-state index contributed by atoms with van der Waals surface area (Å²) in [7, 11) is 1.68. The van der Waals surface area contributed by atoms with Crippen LogP contribution in [0.1, 0.15) is 18.5 Å². The summed E-state index contributed by atoms with van der Waals surface area (Å²) < 4.78 is 1.89. The predicted octanol–water partition coefficient (Wildman–Crippen LogP) is 1.26. The van der Waals surface area contributed by atoms with Gasteiger partial charge < -0.3 is 10.0 Å². The summed E-state index contributed by atoms with van der Waals surface area (Å²) in [5.74, 6) is -0.883. The number of fused-ring (bicyclic) bond motifs is 1. The van der Waals surface area contributed by atoms with Gasteiger partial charge in [0.05, 0.1) is 12.1 Å². The average Bonchev–Trinajstić information content (AvgIpc) is 2.88. The zero-order valence-corrected chi connectivity index (χ0v) is 11.4. The van der Waals surface area contributed by atoms with E-state index in [1.807, 2.05) is 22.2 Å². The van der Waals surface area contributed by atoms with Crippen molar-refractivity contribution in [2.75, 3.05) is 13.6 Å². The quantitative estimate of drug-likeness (QED) is 0.865. The van der Waals surface area contributed by atoms with Crippen LogP contribution < -0.4 is 0 Å². The molecule has 0 saturated carbocycles. The fourth-order valence-electron chi connectivity index (χ4n) is 1.74. The fourth-order valence-corrected chi connectivity index (χ4v) is 2.46. The lowest BCUT2D eigenvalue weighted by Crippen LogP contribution is -2.29. The molecule has 1 amide bonds. The molecule has 0 unspecified atom stereocenters. The smallest absolute Gasteiger partial charge is 0.303 e. The second kappa shape index (κ2) is 5.83. The summed E-state index contributed by atoms with van der Waals surface area (Å²) in [4.78, 5) is 29.1. The number of amides is 1. The van der Waals surface area contributed by atoms with Crippen LogP contribution in [-0.4, -0.2) is 44.9 Å². The Hall–Kier alpha value is -1.89. The van der Waals surface area contributed by atoms with Crippen molar-refractivity contribution in [2.45, 2.75) is 19.3 Å². The van der Waals surface area contributed by atoms with Gasteiger partial charge in [-0.15, -0.1) is 11.3 Å². The van der Waals surface area contributed by atoms with Crippen molar-refractivity contribution in [3.63, 3.8) is 0 Å². The highest BCUT2D eigenvalue weighted by atomic mass is 32.1. The Morgan fingerprint density at radius 2 is 2.32 bits per heavy atom. The molecule has 6 nitrogen and oxygen atoms in total. The molecule has 0 saturated heterocycles. The van der Waals surface area contributed by atoms with Gasteiger partial charge in [0.25, 0.3) is 0 Å². The third-order valence-electron chi connectivity index (χ3n) is 2.79. The van der Waals surface area contributed by atoms with Crippen LogP contribution in [0.15, 0.2) is 17.8 Å². The molecule has 19 heavy (non-hydrogen) atoms. The Morgan fingerprint density at radius 3 is 3.00 bits per heavy atom. The normalized spacial score (nSPS) is 10.8. The van der Waals surface area contributed by atoms with Gasteiger partial charge in [-0.3, -0.25) is 14.0 Å². The molecule has 0 aliphatic rings. The molecule has 102 valence electrons. The monoisotopic (exact) mass is 281 g/mol. The van der Waals surface area contributed by atoms with Gasteiger partial charge in [0.2, 0.25) is 5.91 Å². The first-order valence-electron chi connectivity index (χ1n) is 5.93. The molecule has 2 aromatic heterocycles. The first-order chi connectivity index (χ1) is 9.06. The van der Waals surface area contributed by atoms with E-state index in [9.17, 15) is 9.59 Å². The molecule has 2 rings (SSSR count). The van der Waals surface area contributed by atoms with Crippen LogP contribution >= 0.6 is 11.3 Å². The molecule has 2 aromatic rings. The van der Waals surface area contributed by atoms with Crippen LogP contribution in [0.2, 0.25) is 0 Å². The van der Waals surface area contributed by atoms with Crippen molar-refractivity contribution in [3.8, 4) is 0 Å². The first-order valence-corrected chi connectivity index (χ1v) is 6.81. The molecule has 0 radical (unpaired) electrons. The van der Waals surface area contributed by atoms with Crippen molar-refractivity contribution >= 4 is 28.2 Å². The number of aromatic nitrogens is 2. The van der Waals surface area contributed by atoms with Crippen LogP contribution in [0.3, 0.4) is 0 Å². The molecule has 0 bridgehead atoms. The third kappa shape index (κ3) is 3.54. The predicted molar refractivity (Wildman–Crippen MR) is 71.3 cm³/mol. The molecule has 0 spiro atoms. The van der Waals surface area contributed by atoms with Gasteiger partial charge >= 0.3 is 5.97 Å². The summed E-state index contributed by atoms with van der Waals surface area (Å²) in [5, 5.41) is 10.5. The molecular weight excluding hydrogens is 266 g/mol. The van der Waals surface area contributed by atoms with Crippen molar-refractivity contribution in [1.82, 2.24) is 14.3 Å². The number of aliphatic carboxylic acids is 1. The Kier molecular flexibility index (Phi) is 4.16. The van der Waals surface area contributed by atoms with Crippen molar-refractivity contribution in [3.05, 3.63) is 23.5 Å². The number of rotatable bonds is 6. The number of carboxylic acid groups (broad SMARTS) is 1. The SMILES string of the molecule is CN(CCCC(=O)O)C(=O)Cc1cn2ccsc2n1. The second-order valence-corrected chi connectivity index (χ2v) is 5.19. The molecule has 2 heterocycles. The molecule has 0 atom stereocenters. The van der Waals surface area contributed by atoms with Gasteiger partial charge in [-0.05, 0) is 6.42 Å². The van der Waals surface area contributed by atoms with Gasteiger partial charge in [-0.25, -0.2) is 4.98 Å². The van der Waals surface area contributed by atoms with Crippen LogP contribution in [0.25, 0.3) is 4.96 Å². The van der Waals surface area contributed by atoms with E-state index in [0.29, 0.717) is 13.0 Å². The van der Waals surface area contributed by atoms with Gasteiger partial charge in [-0.2, -0.15) is 0 Å². The van der Waals surface area contributed by atoms with Crippen molar-refractivity contribution in [1.29, 1.82) is 0 Å². The van der Waals surface area contributed by atoms with Crippen LogP contribution in [-0.2, 0) is 16.0 Å². The number of nitrogens with zero attached hydrogens (tertiary/aromatic N) is 3. The van der Waals surface area contributed by atoms with Crippen LogP contribution in [0, 0.1) is 0 Å². The van der Waals surface area contributed by atoms with E-state index in [1.54, 1.807) is 11.9 Å². The summed E-state index contributed by atoms with van der Waals surface area (Å²) in [6.07, 6.45) is 4.54. The van der Waals surface area contributed by atoms with E-state index in [0.717, 1.165) is 10.7 Å². The maximum atomic E-state index is 11.9. The first kappa shape index (κ1) is 13.5. The average molecular weight is 281 g/mol. The number of likely N-dealkylation sites (N-methyl/N-ethyl adjacent to an activating group) is 1. The topological polar surface area (TPSA) is 74.9 Å². The molecule has 1 N–H and O–H groups in total. The number of thiazole rings is 1. The van der Waals surface area contributed by atoms with E-state index in [1.165, 1.54) is 11.3 Å². The second-order valence-electron chi connectivity index (χ2n) is 4.31. The molecule has 0 fully saturated rings. The molecule has 0 aliphatic carbocycles. The summed E-state index contributed by atoms with van der Waals surface area (Å²) in [6.45, 7) is 0.452. The van der Waals surface area contributed by atoms with Gasteiger partial charge in [0.1, 0.15) is 0 Å². The minimum absolute atomic E-state index is 0.0452. The highest BCUT2D eigenvalue weighted by Crippen LogP contribution is 2.12. The Bertz CT molecular complexity index is 561. The lowest BCUT2D eigenvalue weighted by Gasteiger charge is -2.15. The number of hydrogen-bond acceptors (Lipinski definition) is 4. The standard InChI is InChI=1S/C12H15N3O3S/c1-14(4-2-3-11(17)18)10(16)7-9-8-15-5-6-19-12(15)13-9/h5-6,8H,2-4,7H2,1H3,(H,17,18). The Morgan fingerprint density at radius 1 is 1.53 bits per heavy atom. The minimum atomic E-state index is -0.838. The van der Waals surface area contributed by atoms with Crippen molar-refractivity contribution < 1.29 is 14.7 Å². The van der Waals surface area contributed by atoms with Crippen molar-refractivity contribution in [2.24, 2.45) is 0 Å². The molecule has 0 aromatic carbocycles. The van der Waals surface area contributed by atoms with Crippen LogP contribution in [0.4, 0.5) is 0 Å². The zero-order valence-electron chi connectivity index (χ0n) is 10.6. The summed E-state index contributed by atoms with van der Waals surface area (Å²) in [6, 6.07) is 0. The zero-order chi connectivity index (χ0) is 13.8.